The van der Waals surface area contributed by atoms with Crippen LogP contribution in [0.5, 0.6) is 11.5 Å². The van der Waals surface area contributed by atoms with Crippen molar-refractivity contribution in [2.24, 2.45) is 0 Å². The summed E-state index contributed by atoms with van der Waals surface area (Å²) < 4.78 is 37.3. The molecule has 192 valence electrons. The van der Waals surface area contributed by atoms with E-state index in [0.717, 1.165) is 26.7 Å². The average Bonchev–Trinajstić information content (AvgIpc) is 3.10. The molecule has 0 radical (unpaired) electrons. The van der Waals surface area contributed by atoms with Crippen molar-refractivity contribution in [2.75, 3.05) is 6.61 Å². The summed E-state index contributed by atoms with van der Waals surface area (Å²) in [5.41, 5.74) is 1.22. The number of rotatable bonds is 8. The number of benzene rings is 3. The number of nitrogens with zero attached hydrogens (tertiary/aromatic N) is 1. The molecule has 2 amide bonds. The van der Waals surface area contributed by atoms with Gasteiger partial charge >= 0.3 is 10.1 Å². The Bertz CT molecular complexity index is 1510. The molecule has 1 fully saturated rings. The molecule has 0 aromatic heterocycles. The fourth-order valence-corrected chi connectivity index (χ4v) is 5.99. The van der Waals surface area contributed by atoms with Crippen LogP contribution in [0.1, 0.15) is 18.1 Å². The minimum atomic E-state index is -4.24. The molecule has 0 atom stereocenters. The number of halogens is 3. The molecular formula is C25H18BrCl2NO6S2. The number of carbonyl (C=O) groups excluding carboxylic acids is 2. The summed E-state index contributed by atoms with van der Waals surface area (Å²) in [4.78, 5) is 26.8. The van der Waals surface area contributed by atoms with Crippen molar-refractivity contribution >= 4 is 78.2 Å². The third-order valence-corrected chi connectivity index (χ3v) is 8.53. The standard InChI is InChI=1S/C25H18BrCl2NO6S2/c1-2-34-21-12-15(11-20(28)23(21)35-37(32,33)18-9-7-17(27)8-10-18)13-22-24(30)29(25(31)36-22)14-16-5-3-4-6-19(16)26/h3-13H,2,14H2,1H3/b22-13-. The monoisotopic (exact) mass is 641 g/mol. The molecular weight excluding hydrogens is 625 g/mol. The number of amides is 2. The maximum atomic E-state index is 13.0. The van der Waals surface area contributed by atoms with Gasteiger partial charge in [0.15, 0.2) is 5.75 Å². The predicted octanol–water partition coefficient (Wildman–Crippen LogP) is 7.16. The predicted molar refractivity (Wildman–Crippen MR) is 148 cm³/mol. The molecule has 3 aromatic carbocycles. The van der Waals surface area contributed by atoms with E-state index in [1.165, 1.54) is 42.5 Å². The van der Waals surface area contributed by atoms with Gasteiger partial charge in [0.2, 0.25) is 5.75 Å². The molecule has 0 N–H and O–H groups in total. The Kier molecular flexibility index (Phi) is 8.55. The highest BCUT2D eigenvalue weighted by Crippen LogP contribution is 2.41. The van der Waals surface area contributed by atoms with Gasteiger partial charge in [-0.15, -0.1) is 0 Å². The Morgan fingerprint density at radius 3 is 2.43 bits per heavy atom. The fraction of sp³-hybridized carbons (Fsp3) is 0.120. The quantitative estimate of drug-likeness (QED) is 0.190. The summed E-state index contributed by atoms with van der Waals surface area (Å²) in [6.45, 7) is 2.02. The second-order valence-corrected chi connectivity index (χ2v) is 11.9. The topological polar surface area (TPSA) is 90.0 Å². The van der Waals surface area contributed by atoms with Gasteiger partial charge in [-0.1, -0.05) is 57.3 Å². The number of carbonyl (C=O) groups is 2. The molecule has 0 bridgehead atoms. The van der Waals surface area contributed by atoms with E-state index in [2.05, 4.69) is 15.9 Å². The SMILES string of the molecule is CCOc1cc(/C=C2\SC(=O)N(Cc3ccccc3Br)C2=O)cc(Cl)c1OS(=O)(=O)c1ccc(Cl)cc1. The molecule has 4 rings (SSSR count). The van der Waals surface area contributed by atoms with E-state index in [-0.39, 0.29) is 39.5 Å². The van der Waals surface area contributed by atoms with E-state index < -0.39 is 21.3 Å². The minimum Gasteiger partial charge on any atom is -0.490 e. The van der Waals surface area contributed by atoms with Gasteiger partial charge in [-0.25, -0.2) is 0 Å². The van der Waals surface area contributed by atoms with Crippen molar-refractivity contribution in [1.29, 1.82) is 0 Å². The lowest BCUT2D eigenvalue weighted by Crippen LogP contribution is -2.27. The molecule has 1 aliphatic rings. The molecule has 1 aliphatic heterocycles. The fourth-order valence-electron chi connectivity index (χ4n) is 3.36. The molecule has 37 heavy (non-hydrogen) atoms. The molecule has 3 aromatic rings. The van der Waals surface area contributed by atoms with Crippen LogP contribution in [0, 0.1) is 0 Å². The molecule has 1 saturated heterocycles. The van der Waals surface area contributed by atoms with Crippen LogP contribution in [-0.2, 0) is 21.5 Å². The Balaban J connectivity index is 1.62. The Morgan fingerprint density at radius 1 is 1.05 bits per heavy atom. The van der Waals surface area contributed by atoms with Crippen molar-refractivity contribution in [3.63, 3.8) is 0 Å². The van der Waals surface area contributed by atoms with Crippen molar-refractivity contribution < 1.29 is 26.9 Å². The zero-order chi connectivity index (χ0) is 26.7. The van der Waals surface area contributed by atoms with Crippen LogP contribution in [0.4, 0.5) is 4.79 Å². The summed E-state index contributed by atoms with van der Waals surface area (Å²) in [6, 6.07) is 15.7. The average molecular weight is 643 g/mol. The summed E-state index contributed by atoms with van der Waals surface area (Å²) >= 11 is 16.5. The first-order valence-electron chi connectivity index (χ1n) is 10.7. The molecule has 12 heteroatoms. The third kappa shape index (κ3) is 6.32. The first kappa shape index (κ1) is 27.5. The Morgan fingerprint density at radius 2 is 1.76 bits per heavy atom. The molecule has 0 unspecified atom stereocenters. The second-order valence-electron chi connectivity index (χ2n) is 7.61. The van der Waals surface area contributed by atoms with E-state index in [1.54, 1.807) is 6.92 Å². The van der Waals surface area contributed by atoms with Crippen molar-refractivity contribution in [3.8, 4) is 11.5 Å². The van der Waals surface area contributed by atoms with Crippen molar-refractivity contribution in [2.45, 2.75) is 18.4 Å². The lowest BCUT2D eigenvalue weighted by atomic mass is 10.1. The Hall–Kier alpha value is -2.50. The number of thioether (sulfide) groups is 1. The highest BCUT2D eigenvalue weighted by molar-refractivity contribution is 9.10. The molecule has 1 heterocycles. The van der Waals surface area contributed by atoms with Crippen LogP contribution in [0.25, 0.3) is 6.08 Å². The van der Waals surface area contributed by atoms with Crippen LogP contribution in [-0.4, -0.2) is 31.1 Å². The van der Waals surface area contributed by atoms with E-state index >= 15 is 0 Å². The van der Waals surface area contributed by atoms with Gasteiger partial charge in [-0.05, 0) is 78.4 Å². The van der Waals surface area contributed by atoms with Crippen LogP contribution in [0.3, 0.4) is 0 Å². The summed E-state index contributed by atoms with van der Waals surface area (Å²) in [7, 11) is -4.24. The van der Waals surface area contributed by atoms with Crippen LogP contribution < -0.4 is 8.92 Å². The molecule has 0 saturated carbocycles. The smallest absolute Gasteiger partial charge is 0.339 e. The molecule has 0 aliphatic carbocycles. The number of ether oxygens (including phenoxy) is 1. The van der Waals surface area contributed by atoms with Gasteiger partial charge in [0.1, 0.15) is 4.90 Å². The highest BCUT2D eigenvalue weighted by atomic mass is 79.9. The van der Waals surface area contributed by atoms with Gasteiger partial charge in [0, 0.05) is 9.50 Å². The van der Waals surface area contributed by atoms with Gasteiger partial charge in [-0.3, -0.25) is 14.5 Å². The van der Waals surface area contributed by atoms with E-state index in [0.29, 0.717) is 10.6 Å². The first-order chi connectivity index (χ1) is 17.6. The summed E-state index contributed by atoms with van der Waals surface area (Å²) in [5.74, 6) is -0.589. The minimum absolute atomic E-state index is 0.0535. The summed E-state index contributed by atoms with van der Waals surface area (Å²) in [5, 5.41) is -0.0866. The number of hydrogen-bond acceptors (Lipinski definition) is 7. The molecule has 0 spiro atoms. The lowest BCUT2D eigenvalue weighted by Gasteiger charge is -2.15. The van der Waals surface area contributed by atoms with Gasteiger partial charge in [0.05, 0.1) is 23.1 Å². The second kappa shape index (κ2) is 11.5. The number of imide groups is 1. The normalized spacial score (nSPS) is 14.9. The van der Waals surface area contributed by atoms with Crippen LogP contribution in [0.2, 0.25) is 10.0 Å². The lowest BCUT2D eigenvalue weighted by molar-refractivity contribution is -0.123. The van der Waals surface area contributed by atoms with Crippen molar-refractivity contribution in [3.05, 3.63) is 91.2 Å². The Labute approximate surface area is 236 Å². The third-order valence-electron chi connectivity index (χ3n) is 5.08. The largest absolute Gasteiger partial charge is 0.490 e. The van der Waals surface area contributed by atoms with Crippen molar-refractivity contribution in [1.82, 2.24) is 4.90 Å². The van der Waals surface area contributed by atoms with Gasteiger partial charge in [-0.2, -0.15) is 8.42 Å². The van der Waals surface area contributed by atoms with Crippen LogP contribution >= 0.6 is 50.9 Å². The highest BCUT2D eigenvalue weighted by Gasteiger charge is 2.35. The maximum absolute atomic E-state index is 13.0. The maximum Gasteiger partial charge on any atom is 0.339 e. The zero-order valence-corrected chi connectivity index (χ0v) is 23.8. The van der Waals surface area contributed by atoms with E-state index in [4.69, 9.17) is 32.1 Å². The van der Waals surface area contributed by atoms with E-state index in [9.17, 15) is 18.0 Å². The van der Waals surface area contributed by atoms with Gasteiger partial charge in [0.25, 0.3) is 11.1 Å². The van der Waals surface area contributed by atoms with E-state index in [1.807, 2.05) is 24.3 Å². The van der Waals surface area contributed by atoms with Crippen LogP contribution in [0.15, 0.2) is 74.9 Å². The summed E-state index contributed by atoms with van der Waals surface area (Å²) in [6.07, 6.45) is 1.50. The zero-order valence-electron chi connectivity index (χ0n) is 19.1. The number of hydrogen-bond donors (Lipinski definition) is 0. The van der Waals surface area contributed by atoms with Gasteiger partial charge < -0.3 is 8.92 Å². The first-order valence-corrected chi connectivity index (χ1v) is 14.5. The molecule has 7 nitrogen and oxygen atoms in total.